The number of allylic oxidation sites excluding steroid dienone is 1. The van der Waals surface area contributed by atoms with Crippen LogP contribution < -0.4 is 4.74 Å². The minimum absolute atomic E-state index is 0.0558. The van der Waals surface area contributed by atoms with E-state index in [1.807, 2.05) is 12.2 Å². The van der Waals surface area contributed by atoms with Crippen molar-refractivity contribution in [3.05, 3.63) is 42.2 Å². The quantitative estimate of drug-likeness (QED) is 0.179. The van der Waals surface area contributed by atoms with Gasteiger partial charge in [-0.3, -0.25) is 9.59 Å². The number of hydrogen-bond donors (Lipinski definition) is 0. The molecule has 27 heavy (non-hydrogen) atoms. The molecule has 0 spiro atoms. The topological polar surface area (TPSA) is 52.6 Å². The highest BCUT2D eigenvalue weighted by Gasteiger charge is 2.10. The Hall–Kier alpha value is -2.17. The summed E-state index contributed by atoms with van der Waals surface area (Å²) in [6.07, 6.45) is 13.6. The summed E-state index contributed by atoms with van der Waals surface area (Å²) in [5.74, 6) is -1.40. The number of unbranched alkanes of at least 4 members (excludes halogenated alkanes) is 7. The molecule has 0 aliphatic heterocycles. The van der Waals surface area contributed by atoms with E-state index in [9.17, 15) is 14.0 Å². The van der Waals surface area contributed by atoms with E-state index in [2.05, 4.69) is 6.92 Å². The second kappa shape index (κ2) is 14.9. The van der Waals surface area contributed by atoms with E-state index in [1.54, 1.807) is 0 Å². The van der Waals surface area contributed by atoms with Crippen molar-refractivity contribution in [3.63, 3.8) is 0 Å². The number of carbonyl (C=O) groups is 2. The van der Waals surface area contributed by atoms with Crippen LogP contribution in [0.3, 0.4) is 0 Å². The van der Waals surface area contributed by atoms with Crippen LogP contribution in [0.4, 0.5) is 4.39 Å². The number of rotatable bonds is 14. The van der Waals surface area contributed by atoms with Crippen molar-refractivity contribution in [2.24, 2.45) is 0 Å². The van der Waals surface area contributed by atoms with Crippen molar-refractivity contribution >= 4 is 11.9 Å². The van der Waals surface area contributed by atoms with Crippen LogP contribution in [-0.4, -0.2) is 18.5 Å². The molecule has 150 valence electrons. The van der Waals surface area contributed by atoms with Crippen molar-refractivity contribution in [2.45, 2.75) is 71.1 Å². The Balaban J connectivity index is 2.01. The molecule has 0 saturated carbocycles. The van der Waals surface area contributed by atoms with Gasteiger partial charge in [0.1, 0.15) is 18.2 Å². The fourth-order valence-electron chi connectivity index (χ4n) is 2.54. The largest absolute Gasteiger partial charge is 0.461 e. The molecule has 4 nitrogen and oxygen atoms in total. The molecule has 0 aliphatic carbocycles. The molecule has 1 rings (SSSR count). The molecule has 0 aliphatic rings. The van der Waals surface area contributed by atoms with Gasteiger partial charge in [-0.25, -0.2) is 4.39 Å². The van der Waals surface area contributed by atoms with Crippen molar-refractivity contribution in [1.29, 1.82) is 0 Å². The lowest BCUT2D eigenvalue weighted by atomic mass is 10.1. The first-order chi connectivity index (χ1) is 13.1. The Morgan fingerprint density at radius 2 is 1.67 bits per heavy atom. The van der Waals surface area contributed by atoms with E-state index in [4.69, 9.17) is 9.47 Å². The molecule has 0 unspecified atom stereocenters. The summed E-state index contributed by atoms with van der Waals surface area (Å²) < 4.78 is 23.0. The number of carbonyl (C=O) groups excluding carboxylic acids is 2. The van der Waals surface area contributed by atoms with Crippen LogP contribution in [0.25, 0.3) is 0 Å². The minimum atomic E-state index is -0.591. The first-order valence-corrected chi connectivity index (χ1v) is 9.88. The van der Waals surface area contributed by atoms with Crippen molar-refractivity contribution in [1.82, 2.24) is 0 Å². The lowest BCUT2D eigenvalue weighted by Crippen LogP contribution is -2.12. The van der Waals surface area contributed by atoms with Crippen LogP contribution in [0.5, 0.6) is 5.75 Å². The van der Waals surface area contributed by atoms with E-state index < -0.39 is 17.8 Å². The zero-order chi connectivity index (χ0) is 19.7. The minimum Gasteiger partial charge on any atom is -0.461 e. The van der Waals surface area contributed by atoms with E-state index in [0.717, 1.165) is 18.9 Å². The summed E-state index contributed by atoms with van der Waals surface area (Å²) >= 11 is 0. The molecular weight excluding hydrogens is 347 g/mol. The smallest absolute Gasteiger partial charge is 0.311 e. The molecule has 0 heterocycles. The Bertz CT molecular complexity index is 583. The van der Waals surface area contributed by atoms with Gasteiger partial charge in [0.15, 0.2) is 0 Å². The van der Waals surface area contributed by atoms with Crippen molar-refractivity contribution in [3.8, 4) is 5.75 Å². The fourth-order valence-corrected chi connectivity index (χ4v) is 2.54. The van der Waals surface area contributed by atoms with Gasteiger partial charge in [0.25, 0.3) is 0 Å². The average molecular weight is 378 g/mol. The molecule has 0 bridgehead atoms. The monoisotopic (exact) mass is 378 g/mol. The molecule has 0 radical (unpaired) electrons. The molecule has 1 aromatic rings. The molecule has 0 amide bonds. The third-order valence-corrected chi connectivity index (χ3v) is 4.04. The predicted molar refractivity (Wildman–Crippen MR) is 104 cm³/mol. The van der Waals surface area contributed by atoms with Crippen LogP contribution in [0.1, 0.15) is 71.1 Å². The Morgan fingerprint density at radius 1 is 0.963 bits per heavy atom. The first kappa shape index (κ1) is 22.9. The van der Waals surface area contributed by atoms with Gasteiger partial charge in [0.2, 0.25) is 0 Å². The summed E-state index contributed by atoms with van der Waals surface area (Å²) in [7, 11) is 0. The van der Waals surface area contributed by atoms with Gasteiger partial charge in [-0.2, -0.15) is 0 Å². The lowest BCUT2D eigenvalue weighted by Gasteiger charge is -2.04. The number of ether oxygens (including phenoxy) is 2. The van der Waals surface area contributed by atoms with Gasteiger partial charge in [-0.05, 0) is 25.0 Å². The van der Waals surface area contributed by atoms with Crippen LogP contribution in [0.2, 0.25) is 0 Å². The maximum atomic E-state index is 13.0. The zero-order valence-electron chi connectivity index (χ0n) is 16.3. The van der Waals surface area contributed by atoms with Crippen molar-refractivity contribution in [2.75, 3.05) is 6.61 Å². The first-order valence-electron chi connectivity index (χ1n) is 9.88. The van der Waals surface area contributed by atoms with Gasteiger partial charge < -0.3 is 9.47 Å². The van der Waals surface area contributed by atoms with Crippen LogP contribution in [-0.2, 0) is 14.3 Å². The Morgan fingerprint density at radius 3 is 2.41 bits per heavy atom. The van der Waals surface area contributed by atoms with Gasteiger partial charge in [-0.1, -0.05) is 63.7 Å². The Labute approximate surface area is 161 Å². The van der Waals surface area contributed by atoms with Gasteiger partial charge in [0.05, 0.1) is 12.8 Å². The lowest BCUT2D eigenvalue weighted by molar-refractivity contribution is -0.145. The highest BCUT2D eigenvalue weighted by molar-refractivity contribution is 5.79. The van der Waals surface area contributed by atoms with Gasteiger partial charge in [0, 0.05) is 6.07 Å². The molecule has 0 fully saturated rings. The van der Waals surface area contributed by atoms with Crippen molar-refractivity contribution < 1.29 is 23.5 Å². The SMILES string of the molecule is CCCCCCCCC/C=C/COC(=O)CCC(=O)Oc1cccc(F)c1. The third kappa shape index (κ3) is 12.8. The second-order valence-electron chi connectivity index (χ2n) is 6.50. The molecule has 0 N–H and O–H groups in total. The summed E-state index contributed by atoms with van der Waals surface area (Å²) in [5.41, 5.74) is 0. The maximum Gasteiger partial charge on any atom is 0.311 e. The summed E-state index contributed by atoms with van der Waals surface area (Å²) in [6.45, 7) is 2.44. The molecule has 5 heteroatoms. The highest BCUT2D eigenvalue weighted by Crippen LogP contribution is 2.13. The van der Waals surface area contributed by atoms with E-state index in [-0.39, 0.29) is 25.2 Å². The predicted octanol–water partition coefficient (Wildman–Crippen LogP) is 5.75. The summed E-state index contributed by atoms with van der Waals surface area (Å²) in [4.78, 5) is 23.2. The van der Waals surface area contributed by atoms with Gasteiger partial charge in [-0.15, -0.1) is 0 Å². The zero-order valence-corrected chi connectivity index (χ0v) is 16.3. The molecule has 0 aromatic heterocycles. The second-order valence-corrected chi connectivity index (χ2v) is 6.50. The summed E-state index contributed by atoms with van der Waals surface area (Å²) in [6, 6.07) is 5.31. The van der Waals surface area contributed by atoms with E-state index in [1.165, 1.54) is 56.7 Å². The Kier molecular flexibility index (Phi) is 12.7. The fraction of sp³-hybridized carbons (Fsp3) is 0.545. The summed E-state index contributed by atoms with van der Waals surface area (Å²) in [5, 5.41) is 0. The third-order valence-electron chi connectivity index (χ3n) is 4.04. The highest BCUT2D eigenvalue weighted by atomic mass is 19.1. The van der Waals surface area contributed by atoms with Crippen LogP contribution >= 0.6 is 0 Å². The number of esters is 2. The molecule has 0 atom stereocenters. The maximum absolute atomic E-state index is 13.0. The van der Waals surface area contributed by atoms with E-state index in [0.29, 0.717) is 0 Å². The van der Waals surface area contributed by atoms with Crippen LogP contribution in [0, 0.1) is 5.82 Å². The normalized spacial score (nSPS) is 10.9. The average Bonchev–Trinajstić information content (AvgIpc) is 2.64. The molecular formula is C22H31FO4. The number of benzene rings is 1. The molecule has 0 saturated heterocycles. The number of hydrogen-bond acceptors (Lipinski definition) is 4. The van der Waals surface area contributed by atoms with Crippen LogP contribution in [0.15, 0.2) is 36.4 Å². The standard InChI is InChI=1S/C22H31FO4/c1-2-3-4-5-6-7-8-9-10-11-17-26-21(24)15-16-22(25)27-20-14-12-13-19(23)18-20/h10-14,18H,2-9,15-17H2,1H3/b11-10+. The van der Waals surface area contributed by atoms with Gasteiger partial charge >= 0.3 is 11.9 Å². The molecule has 1 aromatic carbocycles. The van der Waals surface area contributed by atoms with E-state index >= 15 is 0 Å². The number of halogens is 1.